The van der Waals surface area contributed by atoms with Crippen molar-refractivity contribution in [3.63, 3.8) is 0 Å². The summed E-state index contributed by atoms with van der Waals surface area (Å²) in [4.78, 5) is 0. The van der Waals surface area contributed by atoms with E-state index < -0.39 is 52.6 Å². The Kier molecular flexibility index (Phi) is 24.4. The van der Waals surface area contributed by atoms with Crippen LogP contribution in [0.15, 0.2) is 0 Å². The van der Waals surface area contributed by atoms with Crippen molar-refractivity contribution in [3.05, 3.63) is 0 Å². The molecule has 0 spiro atoms. The monoisotopic (exact) mass is 780 g/mol. The van der Waals surface area contributed by atoms with Gasteiger partial charge < -0.3 is 71.2 Å². The van der Waals surface area contributed by atoms with Crippen LogP contribution in [0, 0.1) is 5.92 Å². The van der Waals surface area contributed by atoms with E-state index in [-0.39, 0.29) is 52.2 Å². The summed E-state index contributed by atoms with van der Waals surface area (Å²) >= 11 is 0. The van der Waals surface area contributed by atoms with Gasteiger partial charge in [-0.05, 0) is 82.5 Å². The Morgan fingerprint density at radius 2 is 0.714 bits per heavy atom. The zero-order chi connectivity index (χ0) is 36.8. The van der Waals surface area contributed by atoms with Gasteiger partial charge in [0.05, 0.1) is 46.2 Å². The lowest BCUT2D eigenvalue weighted by Crippen LogP contribution is -2.67. The summed E-state index contributed by atoms with van der Waals surface area (Å²) in [5.74, 6) is 0.0534. The van der Waals surface area contributed by atoms with Gasteiger partial charge in [-0.3, -0.25) is 0 Å². The summed E-state index contributed by atoms with van der Waals surface area (Å²) in [6.07, 6.45) is 0.681. The van der Waals surface area contributed by atoms with E-state index in [0.29, 0.717) is 76.5 Å². The van der Waals surface area contributed by atoms with Gasteiger partial charge in [0.15, 0.2) is 0 Å². The molecule has 49 heavy (non-hydrogen) atoms. The molecule has 6 unspecified atom stereocenters. The Morgan fingerprint density at radius 3 is 1.02 bits per heavy atom. The first-order valence-corrected chi connectivity index (χ1v) is 27.8. The summed E-state index contributed by atoms with van der Waals surface area (Å²) in [5, 5.41) is 65.5. The summed E-state index contributed by atoms with van der Waals surface area (Å²) in [6, 6.07) is 2.56. The predicted octanol–water partition coefficient (Wildman–Crippen LogP) is 1.06. The van der Waals surface area contributed by atoms with Crippen LogP contribution < -0.4 is 0 Å². The topological polar surface area (TPSA) is 215 Å². The molecular formula is C30H68O15Si4. The smallest absolute Gasteiger partial charge is 0.317 e. The van der Waals surface area contributed by atoms with Crippen molar-refractivity contribution in [3.8, 4) is 0 Å². The molecule has 0 aromatic carbocycles. The molecule has 6 atom stereocenters. The van der Waals surface area contributed by atoms with Gasteiger partial charge in [0.2, 0.25) is 0 Å². The minimum absolute atomic E-state index is 0.0422. The molecule has 0 aromatic rings. The highest BCUT2D eigenvalue weighted by Gasteiger charge is 2.56. The molecule has 7 N–H and O–H groups in total. The molecular weight excluding hydrogens is 713 g/mol. The fraction of sp³-hybridized carbons (Fsp3) is 1.00. The van der Waals surface area contributed by atoms with Crippen LogP contribution in [-0.2, 0) is 35.4 Å². The minimum Gasteiger partial charge on any atom is -0.416 e. The minimum atomic E-state index is -2.92. The third-order valence-electron chi connectivity index (χ3n) is 7.93. The van der Waals surface area contributed by atoms with E-state index in [4.69, 9.17) is 50.7 Å². The third kappa shape index (κ3) is 21.5. The molecule has 1 saturated heterocycles. The van der Waals surface area contributed by atoms with Gasteiger partial charge in [0, 0.05) is 39.0 Å². The molecule has 0 aliphatic carbocycles. The maximum atomic E-state index is 9.66. The van der Waals surface area contributed by atoms with Crippen LogP contribution in [0.1, 0.15) is 39.0 Å². The van der Waals surface area contributed by atoms with Crippen molar-refractivity contribution in [1.82, 2.24) is 0 Å². The highest BCUT2D eigenvalue weighted by molar-refractivity contribution is 6.93. The zero-order valence-corrected chi connectivity index (χ0v) is 34.6. The number of unbranched alkanes of at least 4 members (excludes halogenated alkanes) is 1. The Morgan fingerprint density at radius 1 is 0.429 bits per heavy atom. The van der Waals surface area contributed by atoms with Crippen LogP contribution in [0.4, 0.5) is 0 Å². The number of aliphatic hydroxyl groups excluding tert-OH is 7. The average molecular weight is 781 g/mol. The Labute approximate surface area is 297 Å². The highest BCUT2D eigenvalue weighted by atomic mass is 28.5. The molecule has 0 aromatic heterocycles. The lowest BCUT2D eigenvalue weighted by molar-refractivity contribution is 0.00544. The maximum absolute atomic E-state index is 9.66. The van der Waals surface area contributed by atoms with Crippen LogP contribution in [-0.4, -0.2) is 168 Å². The van der Waals surface area contributed by atoms with E-state index in [9.17, 15) is 20.4 Å². The molecule has 1 heterocycles. The summed E-state index contributed by atoms with van der Waals surface area (Å²) in [7, 11) is -11.7. The van der Waals surface area contributed by atoms with Crippen LogP contribution in [0.2, 0.25) is 50.4 Å². The van der Waals surface area contributed by atoms with E-state index in [0.717, 1.165) is 12.8 Å². The molecule has 0 amide bonds. The summed E-state index contributed by atoms with van der Waals surface area (Å²) < 4.78 is 51.0. The van der Waals surface area contributed by atoms with Gasteiger partial charge >= 0.3 is 34.2 Å². The first-order valence-electron chi connectivity index (χ1n) is 17.7. The number of hydrogen-bond acceptors (Lipinski definition) is 15. The second-order valence-corrected chi connectivity index (χ2v) is 28.1. The molecule has 1 fully saturated rings. The summed E-state index contributed by atoms with van der Waals surface area (Å²) in [5.41, 5.74) is 0. The second-order valence-electron chi connectivity index (χ2n) is 13.8. The van der Waals surface area contributed by atoms with Crippen molar-refractivity contribution < 1.29 is 71.2 Å². The van der Waals surface area contributed by atoms with Crippen LogP contribution in [0.3, 0.4) is 0 Å². The SMILES string of the molecule is CC(CO)COCCC[Si]1(C)O[Si](C)(CCCOCC(O)CO)O[Si](C)(CCCCOCC(O)CO)O[Si](C)(CCCOCC(O)CO)O1. The number of aliphatic hydroxyl groups is 7. The van der Waals surface area contributed by atoms with Crippen molar-refractivity contribution in [1.29, 1.82) is 0 Å². The fourth-order valence-corrected chi connectivity index (χ4v) is 28.9. The van der Waals surface area contributed by atoms with E-state index in [2.05, 4.69) is 26.2 Å². The van der Waals surface area contributed by atoms with Gasteiger partial charge in [-0.1, -0.05) is 6.92 Å². The quantitative estimate of drug-likeness (QED) is 0.0418. The van der Waals surface area contributed by atoms with Crippen molar-refractivity contribution in [2.24, 2.45) is 5.92 Å². The van der Waals surface area contributed by atoms with Gasteiger partial charge in [-0.2, -0.15) is 0 Å². The molecule has 0 radical (unpaired) electrons. The first kappa shape index (κ1) is 47.3. The Bertz CT molecular complexity index is 802. The summed E-state index contributed by atoms with van der Waals surface area (Å²) in [6.45, 7) is 11.5. The van der Waals surface area contributed by atoms with E-state index >= 15 is 0 Å². The molecule has 1 rings (SSSR count). The van der Waals surface area contributed by atoms with Crippen molar-refractivity contribution in [2.75, 3.05) is 79.3 Å². The third-order valence-corrected chi connectivity index (χ3v) is 26.8. The van der Waals surface area contributed by atoms with E-state index in [1.165, 1.54) is 0 Å². The van der Waals surface area contributed by atoms with Crippen molar-refractivity contribution in [2.45, 2.75) is 108 Å². The molecule has 0 bridgehead atoms. The number of hydrogen-bond donors (Lipinski definition) is 7. The number of rotatable bonds is 29. The number of ether oxygens (including phenoxy) is 4. The molecule has 1 aliphatic rings. The van der Waals surface area contributed by atoms with E-state index in [1.54, 1.807) is 0 Å². The van der Waals surface area contributed by atoms with Gasteiger partial charge in [-0.25, -0.2) is 0 Å². The molecule has 0 saturated carbocycles. The molecule has 1 aliphatic heterocycles. The Balaban J connectivity index is 3.17. The fourth-order valence-electron chi connectivity index (χ4n) is 5.61. The zero-order valence-electron chi connectivity index (χ0n) is 30.6. The maximum Gasteiger partial charge on any atom is 0.317 e. The van der Waals surface area contributed by atoms with Gasteiger partial charge in [0.25, 0.3) is 0 Å². The van der Waals surface area contributed by atoms with Gasteiger partial charge in [-0.15, -0.1) is 0 Å². The van der Waals surface area contributed by atoms with Gasteiger partial charge in [0.1, 0.15) is 18.3 Å². The lowest BCUT2D eigenvalue weighted by Gasteiger charge is -2.50. The van der Waals surface area contributed by atoms with Crippen molar-refractivity contribution >= 4 is 34.2 Å². The Hall–Kier alpha value is 0.268. The van der Waals surface area contributed by atoms with Crippen LogP contribution in [0.25, 0.3) is 0 Å². The largest absolute Gasteiger partial charge is 0.416 e. The average Bonchev–Trinajstić information content (AvgIpc) is 3.04. The predicted molar refractivity (Wildman–Crippen MR) is 192 cm³/mol. The normalized spacial score (nSPS) is 28.9. The lowest BCUT2D eigenvalue weighted by atomic mass is 10.2. The molecule has 19 heteroatoms. The molecule has 15 nitrogen and oxygen atoms in total. The van der Waals surface area contributed by atoms with E-state index in [1.807, 2.05) is 6.92 Å². The molecule has 294 valence electrons. The van der Waals surface area contributed by atoms with Crippen LogP contribution in [0.5, 0.6) is 0 Å². The standard InChI is InChI=1S/C30H68O15Si4/c1-27(19-31)23-38-12-8-16-49(5)44-47(3,17-9-13-40-25-29(36)21-33)42-46(2,15-7-6-11-39-24-28(35)20-32)43-48(4,45-49)18-10-14-41-26-30(37)22-34/h27-37H,6-26H2,1-5H3. The highest BCUT2D eigenvalue weighted by Crippen LogP contribution is 2.39. The van der Waals surface area contributed by atoms with Crippen LogP contribution >= 0.6 is 0 Å². The first-order chi connectivity index (χ1) is 23.1. The second kappa shape index (κ2) is 25.3.